The summed E-state index contributed by atoms with van der Waals surface area (Å²) < 4.78 is 6.22. The standard InChI is InChI=1S/C19H14Cl3N7O.C19H18ClN9O.CH4/c2*20-12-8-10-28-14(12)16(30)29(11-5-2-1-3-6-11)15(26-28)13-7-4-9-27(13)19-24-17(21)23-18(22)25-19;/h1-3,5-6,8,10,13H,4,7,9H2;1-3,5-6,8,10,13H,4,7,9H2,(H4,21,22,23,24,25);1H4/t2*13-;/m00./s1. The molecule has 2 aliphatic heterocycles. The lowest BCUT2D eigenvalue weighted by atomic mass is 10.2. The topological polar surface area (TPSA) is 214 Å². The monoisotopic (exact) mass is 900 g/mol. The third-order valence-corrected chi connectivity index (χ3v) is 11.1. The smallest absolute Gasteiger partial charge is 0.284 e. The molecule has 6 aromatic heterocycles. The number of nitrogens with two attached hydrogens (primary N) is 2. The summed E-state index contributed by atoms with van der Waals surface area (Å²) in [6.45, 7) is 1.33. The number of hydrogen-bond donors (Lipinski definition) is 2. The number of para-hydroxylation sites is 2. The summed E-state index contributed by atoms with van der Waals surface area (Å²) in [4.78, 5) is 55.4. The van der Waals surface area contributed by atoms with Gasteiger partial charge in [0.1, 0.15) is 11.0 Å². The summed E-state index contributed by atoms with van der Waals surface area (Å²) in [7, 11) is 0. The molecular formula is C39H36Cl4N16O2. The average molecular weight is 903 g/mol. The quantitative estimate of drug-likeness (QED) is 0.184. The third-order valence-electron chi connectivity index (χ3n) is 10.2. The lowest BCUT2D eigenvalue weighted by Crippen LogP contribution is -2.33. The van der Waals surface area contributed by atoms with Crippen molar-refractivity contribution in [3.05, 3.63) is 138 Å². The predicted molar refractivity (Wildman–Crippen MR) is 235 cm³/mol. The number of anilines is 4. The van der Waals surface area contributed by atoms with Crippen molar-refractivity contribution in [2.75, 3.05) is 34.4 Å². The molecule has 22 heteroatoms. The van der Waals surface area contributed by atoms with Crippen molar-refractivity contribution in [3.63, 3.8) is 0 Å². The van der Waals surface area contributed by atoms with Gasteiger partial charge < -0.3 is 21.3 Å². The summed E-state index contributed by atoms with van der Waals surface area (Å²) in [6, 6.07) is 21.5. The van der Waals surface area contributed by atoms with Crippen LogP contribution in [-0.2, 0) is 0 Å². The van der Waals surface area contributed by atoms with Gasteiger partial charge in [-0.1, -0.05) is 67.0 Å². The van der Waals surface area contributed by atoms with Crippen LogP contribution in [0.15, 0.2) is 94.8 Å². The van der Waals surface area contributed by atoms with E-state index in [0.717, 1.165) is 25.7 Å². The lowest BCUT2D eigenvalue weighted by molar-refractivity contribution is 0.596. The van der Waals surface area contributed by atoms with Gasteiger partial charge in [0.15, 0.2) is 11.6 Å². The number of halogens is 4. The first-order valence-corrected chi connectivity index (χ1v) is 20.1. The van der Waals surface area contributed by atoms with Crippen LogP contribution in [0.25, 0.3) is 22.4 Å². The van der Waals surface area contributed by atoms with Crippen LogP contribution in [0.3, 0.4) is 0 Å². The van der Waals surface area contributed by atoms with Gasteiger partial charge in [-0.15, -0.1) is 0 Å². The maximum absolute atomic E-state index is 13.5. The second-order valence-electron chi connectivity index (χ2n) is 13.8. The number of aromatic nitrogens is 12. The van der Waals surface area contributed by atoms with Crippen molar-refractivity contribution in [2.24, 2.45) is 0 Å². The largest absolute Gasteiger partial charge is 0.368 e. The SMILES string of the molecule is C.Nc1nc(N)nc(N2CCC[C@H]2c2nn3ccc(Cl)c3c(=O)n2-c2ccccc2)n1.O=c1c2c(Cl)ccn2nc([C@@H]2CCCN2c2nc(Cl)nc(Cl)n2)n1-c1ccccc1. The maximum atomic E-state index is 13.5. The van der Waals surface area contributed by atoms with Crippen LogP contribution in [0.1, 0.15) is 56.8 Å². The Hall–Kier alpha value is -6.34. The lowest BCUT2D eigenvalue weighted by Gasteiger charge is -2.26. The molecule has 0 spiro atoms. The van der Waals surface area contributed by atoms with Crippen molar-refractivity contribution in [3.8, 4) is 11.4 Å². The summed E-state index contributed by atoms with van der Waals surface area (Å²) >= 11 is 24.5. The highest BCUT2D eigenvalue weighted by molar-refractivity contribution is 6.34. The zero-order valence-corrected chi connectivity index (χ0v) is 34.2. The molecule has 0 aliphatic carbocycles. The molecule has 4 N–H and O–H groups in total. The molecule has 312 valence electrons. The summed E-state index contributed by atoms with van der Waals surface area (Å²) in [6.07, 6.45) is 6.59. The van der Waals surface area contributed by atoms with E-state index < -0.39 is 0 Å². The fourth-order valence-corrected chi connectivity index (χ4v) is 8.50. The van der Waals surface area contributed by atoms with E-state index in [2.05, 4.69) is 29.9 Å². The number of benzene rings is 2. The van der Waals surface area contributed by atoms with Gasteiger partial charge in [-0.05, 0) is 85.3 Å². The molecule has 2 aromatic carbocycles. The number of nitrogen functional groups attached to an aromatic ring is 2. The Kier molecular flexibility index (Phi) is 11.5. The van der Waals surface area contributed by atoms with E-state index in [1.807, 2.05) is 70.5 Å². The van der Waals surface area contributed by atoms with Gasteiger partial charge >= 0.3 is 0 Å². The molecule has 2 saturated heterocycles. The highest BCUT2D eigenvalue weighted by Crippen LogP contribution is 2.36. The predicted octanol–water partition coefficient (Wildman–Crippen LogP) is 6.44. The van der Waals surface area contributed by atoms with Crippen molar-refractivity contribution < 1.29 is 0 Å². The van der Waals surface area contributed by atoms with E-state index in [9.17, 15) is 9.59 Å². The number of nitrogens with zero attached hydrogens (tertiary/aromatic N) is 14. The third kappa shape index (κ3) is 7.78. The van der Waals surface area contributed by atoms with Gasteiger partial charge in [0, 0.05) is 25.5 Å². The molecule has 0 bridgehead atoms. The molecule has 0 radical (unpaired) electrons. The van der Waals surface area contributed by atoms with Crippen LogP contribution in [0.2, 0.25) is 20.6 Å². The van der Waals surface area contributed by atoms with Crippen molar-refractivity contribution in [1.82, 2.24) is 58.3 Å². The van der Waals surface area contributed by atoms with E-state index in [0.29, 0.717) is 69.1 Å². The van der Waals surface area contributed by atoms with E-state index in [4.69, 9.17) is 68.1 Å². The van der Waals surface area contributed by atoms with Crippen molar-refractivity contribution >= 4 is 81.2 Å². The molecule has 18 nitrogen and oxygen atoms in total. The molecule has 8 aromatic rings. The Morgan fingerprint density at radius 2 is 0.951 bits per heavy atom. The molecule has 61 heavy (non-hydrogen) atoms. The first-order chi connectivity index (χ1) is 29.0. The summed E-state index contributed by atoms with van der Waals surface area (Å²) in [5.74, 6) is 1.91. The molecule has 0 amide bonds. The molecule has 2 atom stereocenters. The van der Waals surface area contributed by atoms with Gasteiger partial charge in [0.05, 0.1) is 33.5 Å². The van der Waals surface area contributed by atoms with Crippen LogP contribution in [0.4, 0.5) is 23.8 Å². The van der Waals surface area contributed by atoms with Gasteiger partial charge in [-0.3, -0.25) is 18.7 Å². The summed E-state index contributed by atoms with van der Waals surface area (Å²) in [5, 5.41) is 10.2. The van der Waals surface area contributed by atoms with Crippen molar-refractivity contribution in [1.29, 1.82) is 0 Å². The first kappa shape index (κ1) is 41.4. The minimum absolute atomic E-state index is 0. The van der Waals surface area contributed by atoms with Crippen LogP contribution in [0.5, 0.6) is 0 Å². The van der Waals surface area contributed by atoms with E-state index in [-0.39, 0.29) is 53.1 Å². The molecule has 8 heterocycles. The fourth-order valence-electron chi connectivity index (χ4n) is 7.70. The van der Waals surface area contributed by atoms with Crippen LogP contribution >= 0.6 is 46.4 Å². The molecule has 10 rings (SSSR count). The molecular weight excluding hydrogens is 866 g/mol. The second-order valence-corrected chi connectivity index (χ2v) is 15.3. The minimum Gasteiger partial charge on any atom is -0.368 e. The Labute approximate surface area is 367 Å². The molecule has 0 unspecified atom stereocenters. The number of rotatable bonds is 6. The number of hydrogen-bond acceptors (Lipinski definition) is 14. The normalized spacial score (nSPS) is 16.2. The highest BCUT2D eigenvalue weighted by atomic mass is 35.5. The van der Waals surface area contributed by atoms with Crippen LogP contribution < -0.4 is 32.4 Å². The van der Waals surface area contributed by atoms with Gasteiger partial charge in [0.2, 0.25) is 34.4 Å². The Balaban J connectivity index is 0.000000166. The minimum atomic E-state index is -0.266. The maximum Gasteiger partial charge on any atom is 0.284 e. The Bertz CT molecular complexity index is 2770. The van der Waals surface area contributed by atoms with Gasteiger partial charge in [0.25, 0.3) is 11.1 Å². The van der Waals surface area contributed by atoms with E-state index >= 15 is 0 Å². The Morgan fingerprint density at radius 1 is 0.541 bits per heavy atom. The molecule has 2 aliphatic rings. The highest BCUT2D eigenvalue weighted by Gasteiger charge is 2.35. The van der Waals surface area contributed by atoms with E-state index in [1.54, 1.807) is 33.7 Å². The second kappa shape index (κ2) is 17.0. The zero-order valence-electron chi connectivity index (χ0n) is 31.2. The van der Waals surface area contributed by atoms with E-state index in [1.165, 1.54) is 9.03 Å². The van der Waals surface area contributed by atoms with Crippen LogP contribution in [-0.4, -0.2) is 71.4 Å². The zero-order chi connectivity index (χ0) is 41.7. The number of fused-ring (bicyclic) bond motifs is 2. The summed E-state index contributed by atoms with van der Waals surface area (Å²) in [5.41, 5.74) is 13.1. The molecule has 2 fully saturated rings. The Morgan fingerprint density at radius 3 is 1.38 bits per heavy atom. The van der Waals surface area contributed by atoms with Gasteiger partial charge in [-0.2, -0.15) is 40.1 Å². The van der Waals surface area contributed by atoms with Crippen LogP contribution in [0, 0.1) is 0 Å². The molecule has 0 saturated carbocycles. The fraction of sp³-hybridized carbons (Fsp3) is 0.231. The van der Waals surface area contributed by atoms with Crippen molar-refractivity contribution in [2.45, 2.75) is 45.2 Å². The first-order valence-electron chi connectivity index (χ1n) is 18.6. The average Bonchev–Trinajstić information content (AvgIpc) is 4.05. The van der Waals surface area contributed by atoms with Gasteiger partial charge in [-0.25, -0.2) is 9.03 Å².